The number of sulfonamides is 1. The molecule has 0 amide bonds. The topological polar surface area (TPSA) is 58.6 Å². The standard InChI is InChI=1S/C16H24N2O3S/c19-22(20,14-6-2-1-3-7-14)17-15-8-4-5-9-16(15)18-10-12-21-13-11-18/h1-3,6-7,15-17H,4-5,8-13H2/t15-,16-/m0/s1. The van der Waals surface area contributed by atoms with Crippen LogP contribution in [0.15, 0.2) is 35.2 Å². The van der Waals surface area contributed by atoms with Crippen LogP contribution in [0.25, 0.3) is 0 Å². The third-order valence-electron chi connectivity index (χ3n) is 4.60. The van der Waals surface area contributed by atoms with Gasteiger partial charge in [0, 0.05) is 25.2 Å². The number of benzene rings is 1. The lowest BCUT2D eigenvalue weighted by Crippen LogP contribution is -2.55. The summed E-state index contributed by atoms with van der Waals surface area (Å²) in [4.78, 5) is 2.74. The number of rotatable bonds is 4. The van der Waals surface area contributed by atoms with Crippen LogP contribution in [0, 0.1) is 0 Å². The number of nitrogens with one attached hydrogen (secondary N) is 1. The van der Waals surface area contributed by atoms with Crippen LogP contribution in [0.5, 0.6) is 0 Å². The van der Waals surface area contributed by atoms with Gasteiger partial charge in [-0.25, -0.2) is 13.1 Å². The molecule has 1 saturated heterocycles. The summed E-state index contributed by atoms with van der Waals surface area (Å²) in [7, 11) is -3.44. The van der Waals surface area contributed by atoms with E-state index in [1.807, 2.05) is 6.07 Å². The van der Waals surface area contributed by atoms with Gasteiger partial charge in [-0.2, -0.15) is 0 Å². The largest absolute Gasteiger partial charge is 0.379 e. The maximum atomic E-state index is 12.6. The monoisotopic (exact) mass is 324 g/mol. The maximum Gasteiger partial charge on any atom is 0.240 e. The second-order valence-electron chi connectivity index (χ2n) is 6.04. The van der Waals surface area contributed by atoms with E-state index in [0.717, 1.165) is 45.6 Å². The van der Waals surface area contributed by atoms with Crippen LogP contribution in [-0.4, -0.2) is 51.7 Å². The van der Waals surface area contributed by atoms with Crippen molar-refractivity contribution in [3.8, 4) is 0 Å². The molecule has 2 fully saturated rings. The molecule has 0 unspecified atom stereocenters. The van der Waals surface area contributed by atoms with E-state index < -0.39 is 10.0 Å². The van der Waals surface area contributed by atoms with Gasteiger partial charge in [-0.3, -0.25) is 4.90 Å². The van der Waals surface area contributed by atoms with Crippen molar-refractivity contribution >= 4 is 10.0 Å². The summed E-state index contributed by atoms with van der Waals surface area (Å²) in [5.41, 5.74) is 0. The van der Waals surface area contributed by atoms with Gasteiger partial charge in [-0.05, 0) is 25.0 Å². The van der Waals surface area contributed by atoms with E-state index >= 15 is 0 Å². The number of hydrogen-bond acceptors (Lipinski definition) is 4. The molecule has 6 heteroatoms. The summed E-state index contributed by atoms with van der Waals surface area (Å²) in [6.45, 7) is 3.28. The first kappa shape index (κ1) is 15.9. The fourth-order valence-electron chi connectivity index (χ4n) is 3.46. The SMILES string of the molecule is O=S(=O)(N[C@H]1CCCC[C@@H]1N1CCOCC1)c1ccccc1. The zero-order valence-electron chi connectivity index (χ0n) is 12.8. The summed E-state index contributed by atoms with van der Waals surface area (Å²) in [6, 6.07) is 8.93. The van der Waals surface area contributed by atoms with E-state index in [4.69, 9.17) is 4.74 Å². The van der Waals surface area contributed by atoms with Gasteiger partial charge in [-0.15, -0.1) is 0 Å². The van der Waals surface area contributed by atoms with Crippen molar-refractivity contribution < 1.29 is 13.2 Å². The molecular weight excluding hydrogens is 300 g/mol. The van der Waals surface area contributed by atoms with Gasteiger partial charge in [-0.1, -0.05) is 31.0 Å². The van der Waals surface area contributed by atoms with Crippen LogP contribution in [0.2, 0.25) is 0 Å². The normalized spacial score (nSPS) is 27.6. The molecule has 2 aliphatic rings. The molecule has 0 bridgehead atoms. The molecule has 1 aromatic rings. The van der Waals surface area contributed by atoms with Crippen molar-refractivity contribution in [2.24, 2.45) is 0 Å². The van der Waals surface area contributed by atoms with E-state index in [1.54, 1.807) is 24.3 Å². The van der Waals surface area contributed by atoms with Gasteiger partial charge < -0.3 is 4.74 Å². The fraction of sp³-hybridized carbons (Fsp3) is 0.625. The molecular formula is C16H24N2O3S. The van der Waals surface area contributed by atoms with Crippen LogP contribution < -0.4 is 4.72 Å². The molecule has 1 aliphatic heterocycles. The Balaban J connectivity index is 1.73. The van der Waals surface area contributed by atoms with Crippen molar-refractivity contribution in [1.82, 2.24) is 9.62 Å². The highest BCUT2D eigenvalue weighted by atomic mass is 32.2. The molecule has 22 heavy (non-hydrogen) atoms. The lowest BCUT2D eigenvalue weighted by Gasteiger charge is -2.41. The summed E-state index contributed by atoms with van der Waals surface area (Å²) in [6.07, 6.45) is 4.23. The molecule has 1 aromatic carbocycles. The highest BCUT2D eigenvalue weighted by molar-refractivity contribution is 7.89. The Kier molecular flexibility index (Phi) is 5.13. The predicted molar refractivity (Wildman–Crippen MR) is 85.2 cm³/mol. The van der Waals surface area contributed by atoms with E-state index in [9.17, 15) is 8.42 Å². The minimum atomic E-state index is -3.44. The lowest BCUT2D eigenvalue weighted by molar-refractivity contribution is 0.00211. The Morgan fingerprint density at radius 1 is 1.05 bits per heavy atom. The van der Waals surface area contributed by atoms with Gasteiger partial charge in [0.2, 0.25) is 10.0 Å². The first-order chi connectivity index (χ1) is 10.7. The smallest absolute Gasteiger partial charge is 0.240 e. The molecule has 3 rings (SSSR count). The van der Waals surface area contributed by atoms with E-state index in [2.05, 4.69) is 9.62 Å². The van der Waals surface area contributed by atoms with Crippen LogP contribution in [0.4, 0.5) is 0 Å². The van der Waals surface area contributed by atoms with Crippen molar-refractivity contribution in [2.45, 2.75) is 42.7 Å². The molecule has 0 radical (unpaired) electrons. The zero-order valence-corrected chi connectivity index (χ0v) is 13.6. The van der Waals surface area contributed by atoms with Crippen LogP contribution in [0.1, 0.15) is 25.7 Å². The van der Waals surface area contributed by atoms with Crippen LogP contribution >= 0.6 is 0 Å². The van der Waals surface area contributed by atoms with Crippen molar-refractivity contribution in [3.05, 3.63) is 30.3 Å². The second-order valence-corrected chi connectivity index (χ2v) is 7.75. The molecule has 1 saturated carbocycles. The molecule has 0 spiro atoms. The Bertz CT molecular complexity index is 570. The highest BCUT2D eigenvalue weighted by Crippen LogP contribution is 2.25. The number of nitrogens with zero attached hydrogens (tertiary/aromatic N) is 1. The average Bonchev–Trinajstić information content (AvgIpc) is 2.57. The van der Waals surface area contributed by atoms with Crippen molar-refractivity contribution in [1.29, 1.82) is 0 Å². The molecule has 2 atom stereocenters. The minimum absolute atomic E-state index is 0.00273. The fourth-order valence-corrected chi connectivity index (χ4v) is 4.79. The quantitative estimate of drug-likeness (QED) is 0.914. The third-order valence-corrected chi connectivity index (χ3v) is 6.11. The Hall–Kier alpha value is -0.950. The van der Waals surface area contributed by atoms with Crippen molar-refractivity contribution in [2.75, 3.05) is 26.3 Å². The molecule has 1 heterocycles. The molecule has 122 valence electrons. The van der Waals surface area contributed by atoms with Gasteiger partial charge in [0.1, 0.15) is 0 Å². The Labute approximate surface area is 132 Å². The highest BCUT2D eigenvalue weighted by Gasteiger charge is 2.33. The zero-order chi connectivity index (χ0) is 15.4. The number of ether oxygens (including phenoxy) is 1. The summed E-state index contributed by atoms with van der Waals surface area (Å²) in [5.74, 6) is 0. The Morgan fingerprint density at radius 2 is 1.73 bits per heavy atom. The molecule has 1 aliphatic carbocycles. The van der Waals surface area contributed by atoms with E-state index in [-0.39, 0.29) is 12.1 Å². The summed E-state index contributed by atoms with van der Waals surface area (Å²) in [5, 5.41) is 0. The summed E-state index contributed by atoms with van der Waals surface area (Å²) >= 11 is 0. The molecule has 0 aromatic heterocycles. The summed E-state index contributed by atoms with van der Waals surface area (Å²) < 4.78 is 33.5. The predicted octanol–water partition coefficient (Wildman–Crippen LogP) is 1.61. The Morgan fingerprint density at radius 3 is 2.45 bits per heavy atom. The van der Waals surface area contributed by atoms with E-state index in [1.165, 1.54) is 6.42 Å². The van der Waals surface area contributed by atoms with Gasteiger partial charge >= 0.3 is 0 Å². The second kappa shape index (κ2) is 7.08. The first-order valence-electron chi connectivity index (χ1n) is 8.06. The van der Waals surface area contributed by atoms with Gasteiger partial charge in [0.05, 0.1) is 18.1 Å². The first-order valence-corrected chi connectivity index (χ1v) is 9.54. The number of hydrogen-bond donors (Lipinski definition) is 1. The average molecular weight is 324 g/mol. The maximum absolute atomic E-state index is 12.6. The molecule has 5 nitrogen and oxygen atoms in total. The van der Waals surface area contributed by atoms with Crippen LogP contribution in [-0.2, 0) is 14.8 Å². The lowest BCUT2D eigenvalue weighted by atomic mass is 9.89. The third kappa shape index (κ3) is 3.68. The number of morpholine rings is 1. The van der Waals surface area contributed by atoms with Gasteiger partial charge in [0.15, 0.2) is 0 Å². The van der Waals surface area contributed by atoms with Crippen LogP contribution in [0.3, 0.4) is 0 Å². The van der Waals surface area contributed by atoms with E-state index in [0.29, 0.717) is 4.90 Å². The van der Waals surface area contributed by atoms with Gasteiger partial charge in [0.25, 0.3) is 0 Å². The minimum Gasteiger partial charge on any atom is -0.379 e. The van der Waals surface area contributed by atoms with Crippen molar-refractivity contribution in [3.63, 3.8) is 0 Å². The molecule has 1 N–H and O–H groups in total.